The van der Waals surface area contributed by atoms with Crippen LogP contribution in [0.1, 0.15) is 15.9 Å². The smallest absolute Gasteiger partial charge is 0.534 e. The molecule has 1 fully saturated rings. The Labute approximate surface area is 155 Å². The van der Waals surface area contributed by atoms with Crippen molar-refractivity contribution in [1.29, 1.82) is 0 Å². The summed E-state index contributed by atoms with van der Waals surface area (Å²) in [7, 11) is 0.182. The zero-order chi connectivity index (χ0) is 18.8. The van der Waals surface area contributed by atoms with E-state index in [1.165, 1.54) is 18.9 Å². The Morgan fingerprint density at radius 3 is 2.81 bits per heavy atom. The molecule has 0 spiro atoms. The zero-order valence-corrected chi connectivity index (χ0v) is 15.2. The van der Waals surface area contributed by atoms with Gasteiger partial charge in [0, 0.05) is 19.0 Å². The fourth-order valence-electron chi connectivity index (χ4n) is 3.12. The molecule has 0 saturated carbocycles. The molecule has 0 radical (unpaired) electrons. The molecule has 0 unspecified atom stereocenters. The van der Waals surface area contributed by atoms with Gasteiger partial charge >= 0.3 is 13.1 Å². The quantitative estimate of drug-likeness (QED) is 0.584. The minimum atomic E-state index is -1.20. The van der Waals surface area contributed by atoms with E-state index in [1.54, 1.807) is 17.0 Å². The number of benzene rings is 1. The Morgan fingerprint density at radius 2 is 2.19 bits per heavy atom. The molecule has 8 nitrogen and oxygen atoms in total. The predicted molar refractivity (Wildman–Crippen MR) is 97.6 cm³/mol. The Balaban J connectivity index is 1.66. The van der Waals surface area contributed by atoms with Gasteiger partial charge in [-0.2, -0.15) is 0 Å². The molecule has 140 valence electrons. The van der Waals surface area contributed by atoms with Gasteiger partial charge in [-0.15, -0.1) is 11.8 Å². The van der Waals surface area contributed by atoms with Crippen molar-refractivity contribution in [1.82, 2.24) is 4.90 Å². The molecule has 26 heavy (non-hydrogen) atoms. The lowest BCUT2D eigenvalue weighted by Gasteiger charge is -2.39. The second-order valence-corrected chi connectivity index (χ2v) is 7.63. The minimum Gasteiger partial charge on any atom is -0.534 e. The van der Waals surface area contributed by atoms with Crippen LogP contribution in [0.4, 0.5) is 0 Å². The number of amides is 1. The van der Waals surface area contributed by atoms with Crippen LogP contribution in [0, 0.1) is 5.92 Å². The van der Waals surface area contributed by atoms with E-state index in [9.17, 15) is 19.7 Å². The standard InChI is InChI=1S/C16H21BN2O6S/c1-24-11-3-2-10-4-12(17(23)25-15(10)14(11)16(21)22)26-8-13(20)19-6-9(5-18)7-19/h2-3,9,12,23H,4-8,18H2,1H3,(H,21,22)/t12-/m0/s1. The Hall–Kier alpha value is -1.91. The minimum absolute atomic E-state index is 0.0126. The number of carbonyl (C=O) groups is 2. The van der Waals surface area contributed by atoms with Crippen molar-refractivity contribution in [2.75, 3.05) is 32.5 Å². The Kier molecular flexibility index (Phi) is 5.64. The van der Waals surface area contributed by atoms with Gasteiger partial charge in [-0.1, -0.05) is 6.07 Å². The van der Waals surface area contributed by atoms with Crippen LogP contribution in [0.3, 0.4) is 0 Å². The second kappa shape index (κ2) is 7.77. The number of hydrogen-bond acceptors (Lipinski definition) is 7. The molecule has 3 rings (SSSR count). The Bertz CT molecular complexity index is 712. The number of aromatic carboxylic acids is 1. The van der Waals surface area contributed by atoms with Crippen LogP contribution in [0.25, 0.3) is 0 Å². The van der Waals surface area contributed by atoms with Crippen LogP contribution in [0.2, 0.25) is 0 Å². The van der Waals surface area contributed by atoms with E-state index in [4.69, 9.17) is 15.1 Å². The molecule has 1 amide bonds. The lowest BCUT2D eigenvalue weighted by Crippen LogP contribution is -2.53. The van der Waals surface area contributed by atoms with Gasteiger partial charge in [-0.3, -0.25) is 4.79 Å². The number of thioether (sulfide) groups is 1. The van der Waals surface area contributed by atoms with E-state index in [2.05, 4.69) is 0 Å². The third-order valence-corrected chi connectivity index (χ3v) is 5.92. The fraction of sp³-hybridized carbons (Fsp3) is 0.500. The van der Waals surface area contributed by atoms with Gasteiger partial charge < -0.3 is 30.2 Å². The summed E-state index contributed by atoms with van der Waals surface area (Å²) in [5, 5.41) is 19.3. The first-order valence-corrected chi connectivity index (χ1v) is 9.36. The summed E-state index contributed by atoms with van der Waals surface area (Å²) in [6.07, 6.45) is 0.407. The molecule has 1 aromatic rings. The largest absolute Gasteiger partial charge is 0.536 e. The highest BCUT2D eigenvalue weighted by molar-refractivity contribution is 8.01. The van der Waals surface area contributed by atoms with E-state index < -0.39 is 13.1 Å². The lowest BCUT2D eigenvalue weighted by molar-refractivity contribution is -0.134. The molecule has 1 atom stereocenters. The monoisotopic (exact) mass is 380 g/mol. The molecular formula is C16H21BN2O6S. The molecule has 0 bridgehead atoms. The SMILES string of the molecule is COc1ccc2c(c1C(=O)O)OB(O)[C@@H](SCC(=O)N1CC(CN)C1)C2. The number of nitrogens with two attached hydrogens (primary N) is 1. The topological polar surface area (TPSA) is 122 Å². The summed E-state index contributed by atoms with van der Waals surface area (Å²) in [6.45, 7) is 1.95. The molecular weight excluding hydrogens is 359 g/mol. The van der Waals surface area contributed by atoms with E-state index in [0.29, 0.717) is 37.5 Å². The van der Waals surface area contributed by atoms with E-state index >= 15 is 0 Å². The van der Waals surface area contributed by atoms with Gasteiger partial charge in [-0.25, -0.2) is 4.79 Å². The van der Waals surface area contributed by atoms with Crippen molar-refractivity contribution in [2.45, 2.75) is 11.6 Å². The molecule has 2 heterocycles. The summed E-state index contributed by atoms with van der Waals surface area (Å²) in [4.78, 5) is 25.4. The van der Waals surface area contributed by atoms with Crippen molar-refractivity contribution in [2.24, 2.45) is 11.7 Å². The number of nitrogens with zero attached hydrogens (tertiary/aromatic N) is 1. The maximum atomic E-state index is 12.2. The van der Waals surface area contributed by atoms with E-state index in [0.717, 1.165) is 0 Å². The first kappa shape index (κ1) is 18.9. The maximum absolute atomic E-state index is 12.2. The average molecular weight is 380 g/mol. The van der Waals surface area contributed by atoms with Gasteiger partial charge in [0.15, 0.2) is 0 Å². The fourth-order valence-corrected chi connectivity index (χ4v) is 4.18. The van der Waals surface area contributed by atoms with Gasteiger partial charge in [0.05, 0.1) is 18.0 Å². The highest BCUT2D eigenvalue weighted by atomic mass is 32.2. The normalized spacial score (nSPS) is 19.4. The number of fused-ring (bicyclic) bond motifs is 1. The highest BCUT2D eigenvalue weighted by Crippen LogP contribution is 2.38. The van der Waals surface area contributed by atoms with Gasteiger partial charge in [0.25, 0.3) is 0 Å². The average Bonchev–Trinajstić information content (AvgIpc) is 2.57. The molecule has 1 aromatic carbocycles. The zero-order valence-electron chi connectivity index (χ0n) is 14.4. The Morgan fingerprint density at radius 1 is 1.46 bits per heavy atom. The second-order valence-electron chi connectivity index (χ2n) is 6.40. The van der Waals surface area contributed by atoms with Crippen LogP contribution >= 0.6 is 11.8 Å². The number of carbonyl (C=O) groups excluding carboxylic acids is 1. The summed E-state index contributed by atoms with van der Waals surface area (Å²) in [5.74, 6) is -0.250. The van der Waals surface area contributed by atoms with E-state index in [1.807, 2.05) is 0 Å². The number of rotatable bonds is 6. The maximum Gasteiger partial charge on any atom is 0.536 e. The number of ether oxygens (including phenoxy) is 1. The number of methoxy groups -OCH3 is 1. The van der Waals surface area contributed by atoms with Crippen LogP contribution in [-0.2, 0) is 11.2 Å². The molecule has 10 heteroatoms. The summed E-state index contributed by atoms with van der Waals surface area (Å²) < 4.78 is 10.5. The van der Waals surface area contributed by atoms with Crippen LogP contribution in [0.5, 0.6) is 11.5 Å². The molecule has 1 saturated heterocycles. The van der Waals surface area contributed by atoms with Crippen LogP contribution in [-0.4, -0.2) is 71.7 Å². The number of carboxylic acids is 1. The summed E-state index contributed by atoms with van der Waals surface area (Å²) >= 11 is 1.31. The number of hydrogen-bond donors (Lipinski definition) is 3. The molecule has 2 aliphatic rings. The lowest BCUT2D eigenvalue weighted by atomic mass is 9.77. The van der Waals surface area contributed by atoms with Gasteiger partial charge in [0.1, 0.15) is 17.1 Å². The van der Waals surface area contributed by atoms with Crippen molar-refractivity contribution >= 4 is 30.8 Å². The molecule has 2 aliphatic heterocycles. The summed E-state index contributed by atoms with van der Waals surface area (Å²) in [6, 6.07) is 3.30. The predicted octanol–water partition coefficient (Wildman–Crippen LogP) is -0.133. The van der Waals surface area contributed by atoms with Crippen molar-refractivity contribution in [3.63, 3.8) is 0 Å². The third-order valence-electron chi connectivity index (χ3n) is 4.68. The van der Waals surface area contributed by atoms with E-state index in [-0.39, 0.29) is 33.9 Å². The molecule has 4 N–H and O–H groups in total. The van der Waals surface area contributed by atoms with Crippen molar-refractivity contribution in [3.8, 4) is 11.5 Å². The summed E-state index contributed by atoms with van der Waals surface area (Å²) in [5.41, 5.74) is 6.13. The first-order chi connectivity index (χ1) is 12.4. The molecule has 0 aromatic heterocycles. The van der Waals surface area contributed by atoms with Crippen LogP contribution < -0.4 is 15.1 Å². The highest BCUT2D eigenvalue weighted by Gasteiger charge is 2.39. The molecule has 0 aliphatic carbocycles. The third kappa shape index (κ3) is 3.62. The van der Waals surface area contributed by atoms with Gasteiger partial charge in [0.2, 0.25) is 5.91 Å². The van der Waals surface area contributed by atoms with Crippen LogP contribution in [0.15, 0.2) is 12.1 Å². The first-order valence-electron chi connectivity index (χ1n) is 8.32. The number of likely N-dealkylation sites (tertiary alicyclic amines) is 1. The number of carboxylic acid groups (broad SMARTS) is 1. The van der Waals surface area contributed by atoms with Crippen molar-refractivity contribution in [3.05, 3.63) is 23.3 Å². The van der Waals surface area contributed by atoms with Crippen molar-refractivity contribution < 1.29 is 29.1 Å². The van der Waals surface area contributed by atoms with Gasteiger partial charge in [-0.05, 0) is 24.6 Å².